The summed E-state index contributed by atoms with van der Waals surface area (Å²) in [7, 11) is 0. The van der Waals surface area contributed by atoms with E-state index in [-0.39, 0.29) is 5.78 Å². The minimum atomic E-state index is 0.207. The van der Waals surface area contributed by atoms with Crippen LogP contribution in [0.5, 0.6) is 0 Å². The molecule has 2 nitrogen and oxygen atoms in total. The first-order valence-electron chi connectivity index (χ1n) is 7.55. The second-order valence-corrected chi connectivity index (χ2v) is 6.71. The predicted molar refractivity (Wildman–Crippen MR) is 85.1 cm³/mol. The highest BCUT2D eigenvalue weighted by molar-refractivity contribution is 9.10. The standard InChI is InChI=1S/C17H23BrO2/c1-13-4-2-5-16(12-13)20-11-3-6-17(19)14-7-9-15(18)10-8-14/h7-10,13,16H,2-6,11-12H2,1H3. The Morgan fingerprint density at radius 2 is 2.05 bits per heavy atom. The van der Waals surface area contributed by atoms with E-state index >= 15 is 0 Å². The highest BCUT2D eigenvalue weighted by Crippen LogP contribution is 2.25. The summed E-state index contributed by atoms with van der Waals surface area (Å²) in [6.07, 6.45) is 6.79. The van der Waals surface area contributed by atoms with Crippen LogP contribution in [-0.4, -0.2) is 18.5 Å². The van der Waals surface area contributed by atoms with Crippen LogP contribution >= 0.6 is 15.9 Å². The van der Waals surface area contributed by atoms with Gasteiger partial charge in [-0.2, -0.15) is 0 Å². The van der Waals surface area contributed by atoms with Crippen LogP contribution in [0.2, 0.25) is 0 Å². The Bertz CT molecular complexity index is 427. The number of hydrogen-bond acceptors (Lipinski definition) is 2. The molecule has 1 aromatic rings. The maximum absolute atomic E-state index is 12.0. The SMILES string of the molecule is CC1CCCC(OCCCC(=O)c2ccc(Br)cc2)C1. The second kappa shape index (κ2) is 7.94. The molecule has 0 aromatic heterocycles. The maximum Gasteiger partial charge on any atom is 0.162 e. The fourth-order valence-corrected chi connectivity index (χ4v) is 3.06. The number of halogens is 1. The average molecular weight is 339 g/mol. The molecule has 0 spiro atoms. The Morgan fingerprint density at radius 1 is 1.30 bits per heavy atom. The molecule has 0 saturated heterocycles. The molecule has 20 heavy (non-hydrogen) atoms. The van der Waals surface area contributed by atoms with Gasteiger partial charge in [0, 0.05) is 23.1 Å². The van der Waals surface area contributed by atoms with Crippen LogP contribution in [-0.2, 0) is 4.74 Å². The Balaban J connectivity index is 1.65. The summed E-state index contributed by atoms with van der Waals surface area (Å²) in [4.78, 5) is 12.0. The van der Waals surface area contributed by atoms with Crippen LogP contribution in [0.3, 0.4) is 0 Å². The van der Waals surface area contributed by atoms with Gasteiger partial charge in [0.15, 0.2) is 5.78 Å². The van der Waals surface area contributed by atoms with Crippen molar-refractivity contribution in [1.29, 1.82) is 0 Å². The van der Waals surface area contributed by atoms with Crippen molar-refractivity contribution in [1.82, 2.24) is 0 Å². The van der Waals surface area contributed by atoms with Crippen LogP contribution in [0.4, 0.5) is 0 Å². The van der Waals surface area contributed by atoms with Crippen LogP contribution in [0, 0.1) is 5.92 Å². The van der Waals surface area contributed by atoms with Crippen molar-refractivity contribution in [3.05, 3.63) is 34.3 Å². The topological polar surface area (TPSA) is 26.3 Å². The number of hydrogen-bond donors (Lipinski definition) is 0. The van der Waals surface area contributed by atoms with Gasteiger partial charge >= 0.3 is 0 Å². The molecule has 0 N–H and O–H groups in total. The smallest absolute Gasteiger partial charge is 0.162 e. The van der Waals surface area contributed by atoms with Crippen LogP contribution in [0.15, 0.2) is 28.7 Å². The number of carbonyl (C=O) groups excluding carboxylic acids is 1. The van der Waals surface area contributed by atoms with Gasteiger partial charge in [0.1, 0.15) is 0 Å². The molecule has 0 aliphatic heterocycles. The fraction of sp³-hybridized carbons (Fsp3) is 0.588. The van der Waals surface area contributed by atoms with Crippen molar-refractivity contribution in [3.8, 4) is 0 Å². The van der Waals surface area contributed by atoms with E-state index in [1.165, 1.54) is 25.7 Å². The van der Waals surface area contributed by atoms with E-state index in [1.54, 1.807) is 0 Å². The van der Waals surface area contributed by atoms with E-state index in [0.717, 1.165) is 22.4 Å². The van der Waals surface area contributed by atoms with E-state index in [0.29, 0.717) is 19.1 Å². The molecule has 0 bridgehead atoms. The number of benzene rings is 1. The molecule has 0 radical (unpaired) electrons. The Hall–Kier alpha value is -0.670. The third kappa shape index (κ3) is 5.02. The molecule has 110 valence electrons. The minimum absolute atomic E-state index is 0.207. The van der Waals surface area contributed by atoms with Crippen molar-refractivity contribution in [2.75, 3.05) is 6.61 Å². The maximum atomic E-state index is 12.0. The van der Waals surface area contributed by atoms with Crippen molar-refractivity contribution in [2.24, 2.45) is 5.92 Å². The molecule has 2 rings (SSSR count). The summed E-state index contributed by atoms with van der Waals surface area (Å²) in [6, 6.07) is 7.56. The molecule has 3 heteroatoms. The number of rotatable bonds is 6. The van der Waals surface area contributed by atoms with E-state index in [2.05, 4.69) is 22.9 Å². The second-order valence-electron chi connectivity index (χ2n) is 5.80. The number of ether oxygens (including phenoxy) is 1. The van der Waals surface area contributed by atoms with Crippen LogP contribution in [0.25, 0.3) is 0 Å². The zero-order valence-corrected chi connectivity index (χ0v) is 13.7. The summed E-state index contributed by atoms with van der Waals surface area (Å²) < 4.78 is 6.90. The molecule has 0 heterocycles. The lowest BCUT2D eigenvalue weighted by Crippen LogP contribution is -2.22. The average Bonchev–Trinajstić information content (AvgIpc) is 2.44. The normalized spacial score (nSPS) is 22.7. The van der Waals surface area contributed by atoms with Gasteiger partial charge in [0.2, 0.25) is 0 Å². The van der Waals surface area contributed by atoms with Gasteiger partial charge in [-0.15, -0.1) is 0 Å². The number of Topliss-reactive ketones (excluding diaryl/α,β-unsaturated/α-hetero) is 1. The Morgan fingerprint density at radius 3 is 2.75 bits per heavy atom. The Kier molecular flexibility index (Phi) is 6.24. The molecule has 1 saturated carbocycles. The van der Waals surface area contributed by atoms with Gasteiger partial charge in [-0.1, -0.05) is 47.8 Å². The first-order chi connectivity index (χ1) is 9.65. The van der Waals surface area contributed by atoms with Gasteiger partial charge in [0.05, 0.1) is 6.10 Å². The predicted octanol–water partition coefficient (Wildman–Crippen LogP) is 5.01. The number of ketones is 1. The van der Waals surface area contributed by atoms with Crippen molar-refractivity contribution in [2.45, 2.75) is 51.6 Å². The summed E-state index contributed by atoms with van der Waals surface area (Å²) in [5.41, 5.74) is 0.791. The molecule has 1 aromatic carbocycles. The lowest BCUT2D eigenvalue weighted by atomic mass is 9.89. The van der Waals surface area contributed by atoms with Crippen molar-refractivity contribution in [3.63, 3.8) is 0 Å². The number of carbonyl (C=O) groups is 1. The third-order valence-electron chi connectivity index (χ3n) is 3.96. The van der Waals surface area contributed by atoms with E-state index in [9.17, 15) is 4.79 Å². The molecule has 2 unspecified atom stereocenters. The first kappa shape index (κ1) is 15.7. The van der Waals surface area contributed by atoms with Crippen LogP contribution in [0.1, 0.15) is 55.8 Å². The lowest BCUT2D eigenvalue weighted by molar-refractivity contribution is 0.0140. The van der Waals surface area contributed by atoms with E-state index in [4.69, 9.17) is 4.74 Å². The third-order valence-corrected chi connectivity index (χ3v) is 4.48. The Labute approximate surface area is 130 Å². The molecule has 1 aliphatic carbocycles. The van der Waals surface area contributed by atoms with Gasteiger partial charge in [-0.05, 0) is 37.3 Å². The fourth-order valence-electron chi connectivity index (χ4n) is 2.79. The molecule has 2 atom stereocenters. The molecule has 1 aliphatic rings. The highest BCUT2D eigenvalue weighted by atomic mass is 79.9. The molecule has 0 amide bonds. The van der Waals surface area contributed by atoms with Gasteiger partial charge < -0.3 is 4.74 Å². The van der Waals surface area contributed by atoms with Gasteiger partial charge in [-0.25, -0.2) is 0 Å². The van der Waals surface area contributed by atoms with Gasteiger partial charge in [0.25, 0.3) is 0 Å². The molecule has 1 fully saturated rings. The van der Waals surface area contributed by atoms with Gasteiger partial charge in [-0.3, -0.25) is 4.79 Å². The zero-order valence-electron chi connectivity index (χ0n) is 12.1. The monoisotopic (exact) mass is 338 g/mol. The highest BCUT2D eigenvalue weighted by Gasteiger charge is 2.19. The zero-order chi connectivity index (χ0) is 14.4. The summed E-state index contributed by atoms with van der Waals surface area (Å²) >= 11 is 3.38. The van der Waals surface area contributed by atoms with E-state index in [1.807, 2.05) is 24.3 Å². The van der Waals surface area contributed by atoms with E-state index < -0.39 is 0 Å². The molecular formula is C17H23BrO2. The molecular weight excluding hydrogens is 316 g/mol. The van der Waals surface area contributed by atoms with Crippen LogP contribution < -0.4 is 0 Å². The van der Waals surface area contributed by atoms with Crippen molar-refractivity contribution >= 4 is 21.7 Å². The summed E-state index contributed by atoms with van der Waals surface area (Å²) in [6.45, 7) is 3.01. The summed E-state index contributed by atoms with van der Waals surface area (Å²) in [5, 5.41) is 0. The first-order valence-corrected chi connectivity index (χ1v) is 8.35. The largest absolute Gasteiger partial charge is 0.378 e. The quantitative estimate of drug-likeness (QED) is 0.538. The van der Waals surface area contributed by atoms with Crippen molar-refractivity contribution < 1.29 is 9.53 Å². The summed E-state index contributed by atoms with van der Waals surface area (Å²) in [5.74, 6) is 0.997. The minimum Gasteiger partial charge on any atom is -0.378 e. The lowest BCUT2D eigenvalue weighted by Gasteiger charge is -2.26.